The molecule has 1 atom stereocenters. The lowest BCUT2D eigenvalue weighted by molar-refractivity contribution is -0.140. The second kappa shape index (κ2) is 4.96. The van der Waals surface area contributed by atoms with Gasteiger partial charge in [0.1, 0.15) is 0 Å². The van der Waals surface area contributed by atoms with Gasteiger partial charge < -0.3 is 4.74 Å². The Morgan fingerprint density at radius 3 is 2.47 bits per heavy atom. The zero-order valence-electron chi connectivity index (χ0n) is 9.23. The van der Waals surface area contributed by atoms with Crippen molar-refractivity contribution in [1.82, 2.24) is 0 Å². The van der Waals surface area contributed by atoms with Gasteiger partial charge in [-0.15, -0.1) is 0 Å². The number of unbranched alkanes of at least 4 members (excludes halogenated alkanes) is 1. The van der Waals surface area contributed by atoms with Crippen LogP contribution < -0.4 is 0 Å². The van der Waals surface area contributed by atoms with Gasteiger partial charge >= 0.3 is 5.97 Å². The van der Waals surface area contributed by atoms with Crippen LogP contribution in [0.25, 0.3) is 0 Å². The minimum atomic E-state index is -3.31. The molecule has 0 saturated heterocycles. The van der Waals surface area contributed by atoms with Crippen LogP contribution in [0.5, 0.6) is 0 Å². The molecule has 5 heteroatoms. The Morgan fingerprint density at radius 1 is 1.47 bits per heavy atom. The van der Waals surface area contributed by atoms with Gasteiger partial charge in [0.2, 0.25) is 0 Å². The van der Waals surface area contributed by atoms with Gasteiger partial charge in [-0.1, -0.05) is 13.3 Å². The fourth-order valence-corrected chi connectivity index (χ4v) is 3.81. The quantitative estimate of drug-likeness (QED) is 0.647. The lowest BCUT2D eigenvalue weighted by Crippen LogP contribution is -2.35. The van der Waals surface area contributed by atoms with E-state index < -0.39 is 21.1 Å². The van der Waals surface area contributed by atoms with Crippen LogP contribution in [-0.4, -0.2) is 32.5 Å². The predicted octanol–water partition coefficient (Wildman–Crippen LogP) is 1.15. The van der Waals surface area contributed by atoms with Gasteiger partial charge in [-0.25, -0.2) is 8.42 Å². The highest BCUT2D eigenvalue weighted by Gasteiger charge is 2.45. The summed E-state index contributed by atoms with van der Waals surface area (Å²) in [6.45, 7) is 1.93. The maximum Gasteiger partial charge on any atom is 0.324 e. The van der Waals surface area contributed by atoms with E-state index in [-0.39, 0.29) is 11.7 Å². The second-order valence-electron chi connectivity index (χ2n) is 4.00. The zero-order chi connectivity index (χ0) is 11.5. The molecule has 0 spiro atoms. The largest absolute Gasteiger partial charge is 0.468 e. The fourth-order valence-electron chi connectivity index (χ4n) is 1.62. The van der Waals surface area contributed by atoms with Crippen molar-refractivity contribution in [2.45, 2.75) is 37.9 Å². The van der Waals surface area contributed by atoms with E-state index >= 15 is 0 Å². The van der Waals surface area contributed by atoms with Gasteiger partial charge in [-0.05, 0) is 25.2 Å². The van der Waals surface area contributed by atoms with E-state index in [1.807, 2.05) is 6.92 Å². The van der Waals surface area contributed by atoms with Gasteiger partial charge in [0.05, 0.1) is 12.9 Å². The summed E-state index contributed by atoms with van der Waals surface area (Å²) >= 11 is 0. The molecule has 0 aromatic heterocycles. The number of esters is 1. The number of ether oxygens (including phenoxy) is 1. The van der Waals surface area contributed by atoms with E-state index in [9.17, 15) is 13.2 Å². The summed E-state index contributed by atoms with van der Waals surface area (Å²) in [4.78, 5) is 11.4. The maximum atomic E-state index is 11.9. The molecule has 0 radical (unpaired) electrons. The van der Waals surface area contributed by atoms with Gasteiger partial charge in [-0.2, -0.15) is 0 Å². The second-order valence-corrected chi connectivity index (χ2v) is 6.24. The van der Waals surface area contributed by atoms with Crippen molar-refractivity contribution in [3.8, 4) is 0 Å². The van der Waals surface area contributed by atoms with Gasteiger partial charge in [-0.3, -0.25) is 4.79 Å². The van der Waals surface area contributed by atoms with Crippen LogP contribution in [0.15, 0.2) is 0 Å². The molecule has 4 nitrogen and oxygen atoms in total. The van der Waals surface area contributed by atoms with Gasteiger partial charge in [0.15, 0.2) is 15.1 Å². The molecule has 0 bridgehead atoms. The van der Waals surface area contributed by atoms with Crippen LogP contribution in [0.3, 0.4) is 0 Å². The molecule has 15 heavy (non-hydrogen) atoms. The Bertz CT molecular complexity index is 316. The van der Waals surface area contributed by atoms with Crippen molar-refractivity contribution in [3.05, 3.63) is 0 Å². The van der Waals surface area contributed by atoms with Crippen molar-refractivity contribution < 1.29 is 17.9 Å². The Kier molecular flexibility index (Phi) is 4.13. The molecule has 1 aliphatic carbocycles. The van der Waals surface area contributed by atoms with Crippen molar-refractivity contribution >= 4 is 15.8 Å². The van der Waals surface area contributed by atoms with E-state index in [2.05, 4.69) is 4.74 Å². The highest BCUT2D eigenvalue weighted by molar-refractivity contribution is 7.92. The van der Waals surface area contributed by atoms with E-state index in [4.69, 9.17) is 0 Å². The fraction of sp³-hybridized carbons (Fsp3) is 0.900. The van der Waals surface area contributed by atoms with Crippen molar-refractivity contribution in [3.63, 3.8) is 0 Å². The molecular formula is C10H18O4S. The maximum absolute atomic E-state index is 11.9. The molecule has 1 rings (SSSR count). The predicted molar refractivity (Wildman–Crippen MR) is 57.2 cm³/mol. The third kappa shape index (κ3) is 3.19. The minimum Gasteiger partial charge on any atom is -0.468 e. The third-order valence-electron chi connectivity index (χ3n) is 2.65. The van der Waals surface area contributed by atoms with Crippen LogP contribution in [0, 0.1) is 5.92 Å². The smallest absolute Gasteiger partial charge is 0.324 e. The number of hydrogen-bond donors (Lipinski definition) is 0. The summed E-state index contributed by atoms with van der Waals surface area (Å²) in [7, 11) is -2.06. The average Bonchev–Trinajstić information content (AvgIpc) is 2.98. The first-order valence-electron chi connectivity index (χ1n) is 5.32. The van der Waals surface area contributed by atoms with Crippen molar-refractivity contribution in [2.24, 2.45) is 5.92 Å². The first-order chi connectivity index (χ1) is 7.03. The van der Waals surface area contributed by atoms with Crippen LogP contribution in [0.4, 0.5) is 0 Å². The first kappa shape index (κ1) is 12.5. The zero-order valence-corrected chi connectivity index (χ0v) is 10.0. The van der Waals surface area contributed by atoms with Crippen LogP contribution in [0.2, 0.25) is 0 Å². The van der Waals surface area contributed by atoms with Gasteiger partial charge in [0.25, 0.3) is 0 Å². The Labute approximate surface area is 90.9 Å². The van der Waals surface area contributed by atoms with E-state index in [0.29, 0.717) is 6.42 Å². The lowest BCUT2D eigenvalue weighted by atomic mass is 10.3. The molecule has 0 aromatic carbocycles. The van der Waals surface area contributed by atoms with Crippen LogP contribution in [-0.2, 0) is 19.4 Å². The molecular weight excluding hydrogens is 216 g/mol. The number of carbonyl (C=O) groups excluding carboxylic acids is 1. The van der Waals surface area contributed by atoms with Crippen LogP contribution in [0.1, 0.15) is 32.6 Å². The molecule has 0 amide bonds. The molecule has 0 heterocycles. The SMILES string of the molecule is CCCCS(=O)(=O)C(C(=O)OC)C1CC1. The van der Waals surface area contributed by atoms with E-state index in [0.717, 1.165) is 19.3 Å². The molecule has 1 saturated carbocycles. The number of rotatable bonds is 6. The summed E-state index contributed by atoms with van der Waals surface area (Å²) < 4.78 is 28.3. The molecule has 1 aliphatic rings. The monoisotopic (exact) mass is 234 g/mol. The minimum absolute atomic E-state index is 0.000642. The number of methoxy groups -OCH3 is 1. The van der Waals surface area contributed by atoms with Crippen molar-refractivity contribution in [2.75, 3.05) is 12.9 Å². The molecule has 1 unspecified atom stereocenters. The molecule has 0 N–H and O–H groups in total. The van der Waals surface area contributed by atoms with Gasteiger partial charge in [0, 0.05) is 0 Å². The highest BCUT2D eigenvalue weighted by atomic mass is 32.2. The Morgan fingerprint density at radius 2 is 2.07 bits per heavy atom. The Balaban J connectivity index is 2.74. The molecule has 1 fully saturated rings. The topological polar surface area (TPSA) is 60.4 Å². The summed E-state index contributed by atoms with van der Waals surface area (Å²) in [6, 6.07) is 0. The third-order valence-corrected chi connectivity index (χ3v) is 4.86. The Hall–Kier alpha value is -0.580. The van der Waals surface area contributed by atoms with E-state index in [1.165, 1.54) is 7.11 Å². The summed E-state index contributed by atoms with van der Waals surface area (Å²) in [5, 5.41) is -0.908. The highest BCUT2D eigenvalue weighted by Crippen LogP contribution is 2.37. The first-order valence-corrected chi connectivity index (χ1v) is 7.04. The lowest BCUT2D eigenvalue weighted by Gasteiger charge is -2.14. The molecule has 88 valence electrons. The number of hydrogen-bond acceptors (Lipinski definition) is 4. The molecule has 0 aromatic rings. The molecule has 0 aliphatic heterocycles. The number of carbonyl (C=O) groups is 1. The number of sulfone groups is 1. The summed E-state index contributed by atoms with van der Waals surface area (Å²) in [5.74, 6) is -0.493. The van der Waals surface area contributed by atoms with Crippen LogP contribution >= 0.6 is 0 Å². The standard InChI is InChI=1S/C10H18O4S/c1-3-4-7-15(12,13)9(8-5-6-8)10(11)14-2/h8-9H,3-7H2,1-2H3. The van der Waals surface area contributed by atoms with E-state index in [1.54, 1.807) is 0 Å². The average molecular weight is 234 g/mol. The summed E-state index contributed by atoms with van der Waals surface area (Å²) in [6.07, 6.45) is 3.08. The summed E-state index contributed by atoms with van der Waals surface area (Å²) in [5.41, 5.74) is 0. The van der Waals surface area contributed by atoms with Crippen molar-refractivity contribution in [1.29, 1.82) is 0 Å². The normalized spacial score (nSPS) is 18.5.